The van der Waals surface area contributed by atoms with Gasteiger partial charge in [-0.2, -0.15) is 0 Å². The van der Waals surface area contributed by atoms with Crippen LogP contribution in [-0.4, -0.2) is 134 Å². The number of nitrogens with one attached hydrogen (secondary N) is 1. The Hall–Kier alpha value is -2.37. The number of methoxy groups -OCH3 is 1. The van der Waals surface area contributed by atoms with Crippen LogP contribution in [0.3, 0.4) is 0 Å². The standard InChI is InChI=1S/C20H32N2O13/c1-8(34-6-11-14(26)15(27)16(28)19(31)35-11)13(18(29)30)22-10-4-20(32,7-23)3-9(17(10)33-2)21-5-12(24)25/h8,11,13-16,19,22-23,26-28,31-32H,3-7H2,1-2H3,(H,24,25)(H,29,30)/t8-,11?,13+,14?,15?,16?,19?,20+/m1/s1. The van der Waals surface area contributed by atoms with E-state index in [9.17, 15) is 45.3 Å². The molecule has 0 radical (unpaired) electrons. The highest BCUT2D eigenvalue weighted by atomic mass is 16.6. The lowest BCUT2D eigenvalue weighted by molar-refractivity contribution is -0.290. The molecule has 15 nitrogen and oxygen atoms in total. The van der Waals surface area contributed by atoms with Gasteiger partial charge in [0, 0.05) is 12.8 Å². The maximum Gasteiger partial charge on any atom is 0.328 e. The topological polar surface area (TPSA) is 248 Å². The van der Waals surface area contributed by atoms with Gasteiger partial charge >= 0.3 is 11.9 Å². The van der Waals surface area contributed by atoms with Crippen molar-refractivity contribution in [2.75, 3.05) is 26.9 Å². The van der Waals surface area contributed by atoms with Crippen molar-refractivity contribution in [1.82, 2.24) is 5.32 Å². The van der Waals surface area contributed by atoms with Crippen LogP contribution in [0, 0.1) is 0 Å². The number of carbonyl (C=O) groups is 2. The number of hydrogen-bond donors (Lipinski definition) is 9. The molecule has 35 heavy (non-hydrogen) atoms. The van der Waals surface area contributed by atoms with Gasteiger partial charge in [0.05, 0.1) is 43.4 Å². The number of ether oxygens (including phenoxy) is 3. The summed E-state index contributed by atoms with van der Waals surface area (Å²) in [6.45, 7) is -0.458. The Bertz CT molecular complexity index is 834. The third-order valence-electron chi connectivity index (χ3n) is 5.72. The van der Waals surface area contributed by atoms with E-state index in [2.05, 4.69) is 10.3 Å². The van der Waals surface area contributed by atoms with Crippen molar-refractivity contribution < 1.29 is 64.7 Å². The molecule has 9 N–H and O–H groups in total. The number of aliphatic carboxylic acids is 2. The predicted molar refractivity (Wildman–Crippen MR) is 114 cm³/mol. The minimum atomic E-state index is -1.79. The molecule has 0 spiro atoms. The first-order valence-corrected chi connectivity index (χ1v) is 10.7. The summed E-state index contributed by atoms with van der Waals surface area (Å²) in [7, 11) is 1.25. The summed E-state index contributed by atoms with van der Waals surface area (Å²) in [5.41, 5.74) is -1.72. The minimum Gasteiger partial charge on any atom is -0.493 e. The molecule has 0 amide bonds. The predicted octanol–water partition coefficient (Wildman–Crippen LogP) is -3.86. The largest absolute Gasteiger partial charge is 0.493 e. The van der Waals surface area contributed by atoms with E-state index in [-0.39, 0.29) is 30.0 Å². The quantitative estimate of drug-likeness (QED) is 0.130. The molecular weight excluding hydrogens is 476 g/mol. The summed E-state index contributed by atoms with van der Waals surface area (Å²) < 4.78 is 15.8. The van der Waals surface area contributed by atoms with Crippen molar-refractivity contribution in [2.45, 2.75) is 68.2 Å². The maximum atomic E-state index is 12.0. The fourth-order valence-corrected chi connectivity index (χ4v) is 3.78. The number of rotatable bonds is 11. The molecule has 2 aliphatic rings. The molecule has 15 heteroatoms. The van der Waals surface area contributed by atoms with Crippen LogP contribution in [-0.2, 0) is 23.8 Å². The van der Waals surface area contributed by atoms with Crippen LogP contribution in [0.2, 0.25) is 0 Å². The normalized spacial score (nSPS) is 34.4. The van der Waals surface area contributed by atoms with E-state index >= 15 is 0 Å². The number of aliphatic hydroxyl groups is 6. The summed E-state index contributed by atoms with van der Waals surface area (Å²) in [5.74, 6) is -2.63. The second kappa shape index (κ2) is 12.0. The first kappa shape index (κ1) is 28.9. The number of carboxylic acid groups (broad SMARTS) is 2. The van der Waals surface area contributed by atoms with Crippen LogP contribution < -0.4 is 5.32 Å². The summed E-state index contributed by atoms with van der Waals surface area (Å²) in [5, 5.41) is 80.6. The zero-order valence-electron chi connectivity index (χ0n) is 19.1. The van der Waals surface area contributed by atoms with Gasteiger partial charge in [-0.3, -0.25) is 9.79 Å². The van der Waals surface area contributed by atoms with Crippen LogP contribution in [0.4, 0.5) is 0 Å². The van der Waals surface area contributed by atoms with Gasteiger partial charge in [0.25, 0.3) is 0 Å². The second-order valence-electron chi connectivity index (χ2n) is 8.44. The lowest BCUT2D eigenvalue weighted by Gasteiger charge is -2.39. The van der Waals surface area contributed by atoms with E-state index in [4.69, 9.17) is 19.3 Å². The molecule has 0 saturated carbocycles. The highest BCUT2D eigenvalue weighted by Crippen LogP contribution is 2.31. The summed E-state index contributed by atoms with van der Waals surface area (Å²) in [6, 6.07) is -1.47. The van der Waals surface area contributed by atoms with E-state index in [1.54, 1.807) is 0 Å². The molecule has 2 rings (SSSR count). The maximum absolute atomic E-state index is 12.0. The van der Waals surface area contributed by atoms with Crippen molar-refractivity contribution in [3.8, 4) is 0 Å². The number of carboxylic acids is 2. The smallest absolute Gasteiger partial charge is 0.328 e. The van der Waals surface area contributed by atoms with E-state index in [0.717, 1.165) is 0 Å². The highest BCUT2D eigenvalue weighted by Gasteiger charge is 2.44. The first-order valence-electron chi connectivity index (χ1n) is 10.7. The zero-order valence-corrected chi connectivity index (χ0v) is 19.1. The Balaban J connectivity index is 2.22. The van der Waals surface area contributed by atoms with E-state index in [0.29, 0.717) is 0 Å². The van der Waals surface area contributed by atoms with Gasteiger partial charge in [-0.05, 0) is 6.92 Å². The lowest BCUT2D eigenvalue weighted by Crippen LogP contribution is -2.59. The molecule has 1 aliphatic heterocycles. The van der Waals surface area contributed by atoms with Gasteiger partial charge in [0.1, 0.15) is 31.0 Å². The molecule has 1 aliphatic carbocycles. The molecule has 0 aromatic rings. The average molecular weight is 508 g/mol. The fourth-order valence-electron chi connectivity index (χ4n) is 3.78. The van der Waals surface area contributed by atoms with Crippen molar-refractivity contribution in [3.63, 3.8) is 0 Å². The fraction of sp³-hybridized carbons (Fsp3) is 0.750. The summed E-state index contributed by atoms with van der Waals surface area (Å²) in [4.78, 5) is 26.8. The van der Waals surface area contributed by atoms with Gasteiger partial charge in [-0.15, -0.1) is 0 Å². The number of nitrogens with zero attached hydrogens (tertiary/aromatic N) is 1. The van der Waals surface area contributed by atoms with Crippen LogP contribution in [0.15, 0.2) is 16.4 Å². The van der Waals surface area contributed by atoms with Gasteiger partial charge in [-0.25, -0.2) is 4.79 Å². The number of hydrogen-bond acceptors (Lipinski definition) is 13. The van der Waals surface area contributed by atoms with Crippen molar-refractivity contribution >= 4 is 17.7 Å². The molecule has 0 bridgehead atoms. The third-order valence-corrected chi connectivity index (χ3v) is 5.72. The molecule has 1 saturated heterocycles. The van der Waals surface area contributed by atoms with E-state index in [1.165, 1.54) is 14.0 Å². The van der Waals surface area contributed by atoms with E-state index < -0.39 is 80.1 Å². The summed E-state index contributed by atoms with van der Waals surface area (Å²) in [6.07, 6.45) is -9.77. The Morgan fingerprint density at radius 1 is 1.17 bits per heavy atom. The molecule has 5 unspecified atom stereocenters. The average Bonchev–Trinajstić information content (AvgIpc) is 2.80. The Kier molecular flexibility index (Phi) is 9.94. The first-order chi connectivity index (χ1) is 16.3. The molecular formula is C20H32N2O13. The van der Waals surface area contributed by atoms with E-state index in [1.807, 2.05) is 0 Å². The van der Waals surface area contributed by atoms with Gasteiger partial charge < -0.3 is 60.4 Å². The lowest BCUT2D eigenvalue weighted by atomic mass is 9.85. The number of aliphatic hydroxyl groups excluding tert-OH is 5. The second-order valence-corrected chi connectivity index (χ2v) is 8.44. The van der Waals surface area contributed by atoms with Gasteiger partial charge in [0.15, 0.2) is 18.1 Å². The Morgan fingerprint density at radius 2 is 1.83 bits per heavy atom. The molecule has 200 valence electrons. The molecule has 8 atom stereocenters. The van der Waals surface area contributed by atoms with Crippen LogP contribution in [0.25, 0.3) is 0 Å². The van der Waals surface area contributed by atoms with Gasteiger partial charge in [-0.1, -0.05) is 0 Å². The Labute approximate surface area is 199 Å². The van der Waals surface area contributed by atoms with Crippen molar-refractivity contribution in [2.24, 2.45) is 4.99 Å². The van der Waals surface area contributed by atoms with Gasteiger partial charge in [0.2, 0.25) is 0 Å². The molecule has 0 aromatic heterocycles. The Morgan fingerprint density at radius 3 is 2.37 bits per heavy atom. The van der Waals surface area contributed by atoms with Crippen LogP contribution >= 0.6 is 0 Å². The third kappa shape index (κ3) is 7.08. The SMILES string of the molecule is COC1=C(N[C@H](C(=O)O)[C@@H](C)OCC2OC(O)C(O)C(O)C2O)C[C@](O)(CO)CC1=NCC(=O)O. The molecule has 1 fully saturated rings. The molecule has 1 heterocycles. The monoisotopic (exact) mass is 508 g/mol. The molecule has 0 aromatic carbocycles. The van der Waals surface area contributed by atoms with Crippen molar-refractivity contribution in [3.05, 3.63) is 11.5 Å². The zero-order chi connectivity index (χ0) is 26.5. The van der Waals surface area contributed by atoms with Crippen molar-refractivity contribution in [1.29, 1.82) is 0 Å². The highest BCUT2D eigenvalue weighted by molar-refractivity contribution is 6.01. The number of aliphatic imine (C=N–C) groups is 1. The number of allylic oxidation sites excluding steroid dienone is 1. The van der Waals surface area contributed by atoms with Crippen LogP contribution in [0.1, 0.15) is 19.8 Å². The summed E-state index contributed by atoms with van der Waals surface area (Å²) >= 11 is 0. The van der Waals surface area contributed by atoms with Crippen LogP contribution in [0.5, 0.6) is 0 Å². The minimum absolute atomic E-state index is 0.00842.